The number of hydrogen-bond acceptors (Lipinski definition) is 4. The molecule has 0 bridgehead atoms. The van der Waals surface area contributed by atoms with Crippen molar-refractivity contribution in [2.45, 2.75) is 18.8 Å². The molecule has 2 aromatic rings. The number of rotatable bonds is 7. The van der Waals surface area contributed by atoms with Gasteiger partial charge in [0.1, 0.15) is 5.75 Å². The first-order valence-corrected chi connectivity index (χ1v) is 9.56. The molecule has 8 heteroatoms. The average molecular weight is 413 g/mol. The number of benzene rings is 2. The Labute approximate surface area is 149 Å². The quantitative estimate of drug-likeness (QED) is 0.683. The number of nitrogens with one attached hydrogen (secondary N) is 2. The summed E-state index contributed by atoms with van der Waals surface area (Å²) in [6.45, 7) is 1.53. The second kappa shape index (κ2) is 8.27. The summed E-state index contributed by atoms with van der Waals surface area (Å²) in [7, 11) is -3.69. The molecule has 0 spiro atoms. The summed E-state index contributed by atoms with van der Waals surface area (Å²) in [5, 5.41) is 0. The average Bonchev–Trinajstić information content (AvgIpc) is 2.53. The van der Waals surface area contributed by atoms with E-state index in [2.05, 4.69) is 26.2 Å². The van der Waals surface area contributed by atoms with Gasteiger partial charge in [-0.3, -0.25) is 10.2 Å². The molecule has 6 nitrogen and oxygen atoms in total. The van der Waals surface area contributed by atoms with Crippen molar-refractivity contribution in [3.8, 4) is 5.75 Å². The third-order valence-corrected chi connectivity index (χ3v) is 4.63. The first kappa shape index (κ1) is 18.4. The van der Waals surface area contributed by atoms with Gasteiger partial charge in [-0.2, -0.15) is 0 Å². The van der Waals surface area contributed by atoms with Crippen molar-refractivity contribution < 1.29 is 17.9 Å². The van der Waals surface area contributed by atoms with Gasteiger partial charge < -0.3 is 4.74 Å². The Morgan fingerprint density at radius 1 is 1.17 bits per heavy atom. The fourth-order valence-corrected chi connectivity index (χ4v) is 3.20. The topological polar surface area (TPSA) is 84.5 Å². The number of ether oxygens (including phenoxy) is 1. The lowest BCUT2D eigenvalue weighted by Crippen LogP contribution is -2.47. The van der Waals surface area contributed by atoms with Crippen LogP contribution in [0.1, 0.15) is 12.5 Å². The van der Waals surface area contributed by atoms with Gasteiger partial charge >= 0.3 is 0 Å². The zero-order chi connectivity index (χ0) is 17.6. The summed E-state index contributed by atoms with van der Waals surface area (Å²) < 4.78 is 30.2. The molecular formula is C16H17BrN2O4S. The van der Waals surface area contributed by atoms with Crippen LogP contribution < -0.4 is 15.0 Å². The van der Waals surface area contributed by atoms with Gasteiger partial charge in [0.15, 0.2) is 6.10 Å². The first-order valence-electron chi connectivity index (χ1n) is 7.11. The van der Waals surface area contributed by atoms with E-state index in [1.165, 1.54) is 6.92 Å². The van der Waals surface area contributed by atoms with Crippen LogP contribution in [0.15, 0.2) is 59.1 Å². The van der Waals surface area contributed by atoms with Gasteiger partial charge in [0.2, 0.25) is 10.0 Å². The summed E-state index contributed by atoms with van der Waals surface area (Å²) in [5.74, 6) is -0.319. The lowest BCUT2D eigenvalue weighted by molar-refractivity contribution is -0.127. The van der Waals surface area contributed by atoms with Crippen LogP contribution in [0.3, 0.4) is 0 Å². The van der Waals surface area contributed by atoms with E-state index in [-0.39, 0.29) is 5.75 Å². The Kier molecular flexibility index (Phi) is 6.36. The van der Waals surface area contributed by atoms with Crippen molar-refractivity contribution in [2.75, 3.05) is 0 Å². The third kappa shape index (κ3) is 5.95. The smallest absolute Gasteiger partial charge is 0.275 e. The van der Waals surface area contributed by atoms with Crippen LogP contribution in [0.4, 0.5) is 0 Å². The molecule has 0 aliphatic carbocycles. The molecule has 1 atom stereocenters. The molecule has 0 heterocycles. The van der Waals surface area contributed by atoms with Gasteiger partial charge in [0.05, 0.1) is 5.75 Å². The fourth-order valence-electron chi connectivity index (χ4n) is 1.86. The Morgan fingerprint density at radius 3 is 2.54 bits per heavy atom. The molecule has 0 fully saturated rings. The maximum absolute atomic E-state index is 12.0. The normalized spacial score (nSPS) is 12.4. The molecule has 0 saturated heterocycles. The van der Waals surface area contributed by atoms with Crippen LogP contribution in [-0.4, -0.2) is 20.4 Å². The second-order valence-corrected chi connectivity index (χ2v) is 7.69. The minimum Gasteiger partial charge on any atom is -0.481 e. The Bertz CT molecular complexity index is 797. The Hall–Kier alpha value is -1.90. The SMILES string of the molecule is C[C@H](Oc1cccc(Br)c1)C(=O)NNS(=O)(=O)Cc1ccccc1. The van der Waals surface area contributed by atoms with E-state index in [0.717, 1.165) is 4.47 Å². The number of carbonyl (C=O) groups excluding carboxylic acids is 1. The number of carbonyl (C=O) groups is 1. The van der Waals surface area contributed by atoms with Crippen molar-refractivity contribution in [2.24, 2.45) is 0 Å². The Balaban J connectivity index is 1.87. The minimum absolute atomic E-state index is 0.227. The summed E-state index contributed by atoms with van der Waals surface area (Å²) in [6, 6.07) is 15.7. The van der Waals surface area contributed by atoms with E-state index >= 15 is 0 Å². The molecule has 0 radical (unpaired) electrons. The molecular weight excluding hydrogens is 396 g/mol. The van der Waals surface area contributed by atoms with Crippen molar-refractivity contribution in [3.05, 3.63) is 64.6 Å². The van der Waals surface area contributed by atoms with Crippen molar-refractivity contribution in [1.29, 1.82) is 0 Å². The molecule has 0 aliphatic heterocycles. The van der Waals surface area contributed by atoms with Crippen LogP contribution >= 0.6 is 15.9 Å². The predicted molar refractivity (Wildman–Crippen MR) is 94.6 cm³/mol. The van der Waals surface area contributed by atoms with Gasteiger partial charge in [0, 0.05) is 4.47 Å². The van der Waals surface area contributed by atoms with E-state index < -0.39 is 22.0 Å². The number of amides is 1. The van der Waals surface area contributed by atoms with Crippen LogP contribution in [0.2, 0.25) is 0 Å². The Morgan fingerprint density at radius 2 is 1.88 bits per heavy atom. The summed E-state index contributed by atoms with van der Waals surface area (Å²) >= 11 is 3.31. The number of halogens is 1. The zero-order valence-electron chi connectivity index (χ0n) is 12.9. The van der Waals surface area contributed by atoms with Gasteiger partial charge in [-0.15, -0.1) is 4.83 Å². The molecule has 1 amide bonds. The molecule has 0 aliphatic rings. The van der Waals surface area contributed by atoms with E-state index in [9.17, 15) is 13.2 Å². The van der Waals surface area contributed by atoms with E-state index in [1.807, 2.05) is 6.07 Å². The van der Waals surface area contributed by atoms with Crippen molar-refractivity contribution >= 4 is 31.9 Å². The molecule has 0 saturated carbocycles. The van der Waals surface area contributed by atoms with Gasteiger partial charge in [-0.1, -0.05) is 52.3 Å². The van der Waals surface area contributed by atoms with Gasteiger partial charge in [0.25, 0.3) is 5.91 Å². The third-order valence-electron chi connectivity index (χ3n) is 3.01. The van der Waals surface area contributed by atoms with Crippen LogP contribution in [-0.2, 0) is 20.6 Å². The maximum Gasteiger partial charge on any atom is 0.275 e. The fraction of sp³-hybridized carbons (Fsp3) is 0.188. The molecule has 2 rings (SSSR count). The van der Waals surface area contributed by atoms with Crippen molar-refractivity contribution in [1.82, 2.24) is 10.3 Å². The molecule has 2 aromatic carbocycles. The lowest BCUT2D eigenvalue weighted by atomic mass is 10.2. The minimum atomic E-state index is -3.69. The highest BCUT2D eigenvalue weighted by Gasteiger charge is 2.18. The first-order chi connectivity index (χ1) is 11.4. The molecule has 128 valence electrons. The van der Waals surface area contributed by atoms with E-state index in [0.29, 0.717) is 11.3 Å². The number of sulfonamides is 1. The highest BCUT2D eigenvalue weighted by molar-refractivity contribution is 9.10. The van der Waals surface area contributed by atoms with Crippen LogP contribution in [0.5, 0.6) is 5.75 Å². The van der Waals surface area contributed by atoms with Crippen molar-refractivity contribution in [3.63, 3.8) is 0 Å². The zero-order valence-corrected chi connectivity index (χ0v) is 15.3. The molecule has 0 aromatic heterocycles. The standard InChI is InChI=1S/C16H17BrN2O4S/c1-12(23-15-9-5-8-14(17)10-15)16(20)18-19-24(21,22)11-13-6-3-2-4-7-13/h2-10,12,19H,11H2,1H3,(H,18,20)/t12-/m0/s1. The van der Waals surface area contributed by atoms with Gasteiger partial charge in [-0.25, -0.2) is 8.42 Å². The molecule has 2 N–H and O–H groups in total. The molecule has 24 heavy (non-hydrogen) atoms. The second-order valence-electron chi connectivity index (χ2n) is 5.05. The van der Waals surface area contributed by atoms with Gasteiger partial charge in [-0.05, 0) is 30.7 Å². The number of hydrogen-bond donors (Lipinski definition) is 2. The summed E-state index contributed by atoms with van der Waals surface area (Å²) in [4.78, 5) is 14.0. The maximum atomic E-state index is 12.0. The van der Waals surface area contributed by atoms with E-state index in [1.54, 1.807) is 48.5 Å². The highest BCUT2D eigenvalue weighted by Crippen LogP contribution is 2.18. The summed E-state index contributed by atoms with van der Waals surface area (Å²) in [5.41, 5.74) is 2.79. The largest absolute Gasteiger partial charge is 0.481 e. The monoisotopic (exact) mass is 412 g/mol. The van der Waals surface area contributed by atoms with E-state index in [4.69, 9.17) is 4.74 Å². The van der Waals surface area contributed by atoms with Crippen LogP contribution in [0, 0.1) is 0 Å². The molecule has 0 unspecified atom stereocenters. The summed E-state index contributed by atoms with van der Waals surface area (Å²) in [6.07, 6.45) is -0.862. The predicted octanol–water partition coefficient (Wildman–Crippen LogP) is 2.37. The highest BCUT2D eigenvalue weighted by atomic mass is 79.9. The number of hydrazine groups is 1. The lowest BCUT2D eigenvalue weighted by Gasteiger charge is -2.15. The van der Waals surface area contributed by atoms with Crippen LogP contribution in [0.25, 0.3) is 0 Å².